The minimum atomic E-state index is 1.07. The van der Waals surface area contributed by atoms with Crippen molar-refractivity contribution in [2.45, 2.75) is 0 Å². The zero-order valence-electron chi connectivity index (χ0n) is 49.6. The Morgan fingerprint density at radius 2 is 0.411 bits per heavy atom. The molecular formula is C86H62N4. The summed E-state index contributed by atoms with van der Waals surface area (Å²) in [6.45, 7) is 0. The van der Waals surface area contributed by atoms with E-state index >= 15 is 0 Å². The molecule has 0 fully saturated rings. The number of fused-ring (bicyclic) bond motifs is 2. The van der Waals surface area contributed by atoms with Crippen molar-refractivity contribution >= 4 is 89.8 Å². The fraction of sp³-hybridized carbons (Fsp3) is 0. The summed E-state index contributed by atoms with van der Waals surface area (Å²) in [5.74, 6) is 0. The molecule has 0 bridgehead atoms. The van der Waals surface area contributed by atoms with Gasteiger partial charge in [0.2, 0.25) is 0 Å². The second-order valence-corrected chi connectivity index (χ2v) is 22.6. The Balaban J connectivity index is 0.694. The molecule has 15 aromatic rings. The molecule has 0 aromatic heterocycles. The van der Waals surface area contributed by atoms with E-state index in [1.54, 1.807) is 0 Å². The maximum Gasteiger partial charge on any atom is 0.0540 e. The van der Waals surface area contributed by atoms with E-state index in [0.717, 1.165) is 113 Å². The van der Waals surface area contributed by atoms with Crippen LogP contribution in [0.25, 0.3) is 66.1 Å². The Morgan fingerprint density at radius 3 is 0.889 bits per heavy atom. The number of hydrogen-bond acceptors (Lipinski definition) is 4. The number of benzene rings is 15. The number of anilines is 12. The van der Waals surface area contributed by atoms with Gasteiger partial charge in [0, 0.05) is 67.9 Å². The molecule has 0 aliphatic rings. The van der Waals surface area contributed by atoms with Crippen molar-refractivity contribution in [3.63, 3.8) is 0 Å². The Labute approximate surface area is 527 Å². The molecule has 15 aromatic carbocycles. The Bertz CT molecular complexity index is 4930. The van der Waals surface area contributed by atoms with E-state index in [2.05, 4.69) is 396 Å². The molecule has 0 spiro atoms. The summed E-state index contributed by atoms with van der Waals surface area (Å²) < 4.78 is 0. The van der Waals surface area contributed by atoms with E-state index in [0.29, 0.717) is 0 Å². The first-order valence-electron chi connectivity index (χ1n) is 30.7. The largest absolute Gasteiger partial charge is 0.311 e. The molecule has 0 radical (unpaired) electrons. The van der Waals surface area contributed by atoms with Gasteiger partial charge in [0.15, 0.2) is 0 Å². The molecule has 0 atom stereocenters. The van der Waals surface area contributed by atoms with Crippen LogP contribution in [0.3, 0.4) is 0 Å². The van der Waals surface area contributed by atoms with Crippen molar-refractivity contribution in [3.8, 4) is 44.5 Å². The highest BCUT2D eigenvalue weighted by molar-refractivity contribution is 5.99. The van der Waals surface area contributed by atoms with Crippen molar-refractivity contribution in [1.29, 1.82) is 0 Å². The minimum Gasteiger partial charge on any atom is -0.311 e. The molecule has 0 aliphatic carbocycles. The Morgan fingerprint density at radius 1 is 0.133 bits per heavy atom. The predicted octanol–water partition coefficient (Wildman–Crippen LogP) is 24.5. The lowest BCUT2D eigenvalue weighted by Gasteiger charge is -2.27. The molecule has 4 nitrogen and oxygen atoms in total. The first-order chi connectivity index (χ1) is 44.6. The number of para-hydroxylation sites is 4. The number of hydrogen-bond donors (Lipinski definition) is 0. The zero-order valence-corrected chi connectivity index (χ0v) is 49.6. The Kier molecular flexibility index (Phi) is 15.0. The SMILES string of the molecule is c1ccc(N(c2ccc(-c3cccc(-c4cccc(N(c5ccccc5)c5ccc(-c6cccc(N(c7ccccc7)c7cccc8ccccc78)c6)cc5)c4)c3)cc2)c2ccc(-c3cccc(N(c4ccccc4)c4ccc5ccccc5c4)c3)cc2)cc1. The topological polar surface area (TPSA) is 13.0 Å². The van der Waals surface area contributed by atoms with Crippen LogP contribution in [0.1, 0.15) is 0 Å². The quantitative estimate of drug-likeness (QED) is 0.0956. The van der Waals surface area contributed by atoms with Crippen molar-refractivity contribution < 1.29 is 0 Å². The van der Waals surface area contributed by atoms with Gasteiger partial charge >= 0.3 is 0 Å². The second kappa shape index (κ2) is 24.8. The van der Waals surface area contributed by atoms with E-state index in [-0.39, 0.29) is 0 Å². The van der Waals surface area contributed by atoms with Crippen LogP contribution in [0, 0.1) is 0 Å². The third-order valence-electron chi connectivity index (χ3n) is 16.9. The molecule has 0 saturated heterocycles. The van der Waals surface area contributed by atoms with Crippen molar-refractivity contribution in [1.82, 2.24) is 0 Å². The highest BCUT2D eigenvalue weighted by Crippen LogP contribution is 2.44. The van der Waals surface area contributed by atoms with Gasteiger partial charge < -0.3 is 19.6 Å². The normalized spacial score (nSPS) is 11.1. The summed E-state index contributed by atoms with van der Waals surface area (Å²) in [6, 6.07) is 135. The molecule has 0 heterocycles. The molecule has 0 N–H and O–H groups in total. The molecule has 0 amide bonds. The van der Waals surface area contributed by atoms with Gasteiger partial charge in [0.25, 0.3) is 0 Å². The van der Waals surface area contributed by atoms with Crippen LogP contribution in [0.2, 0.25) is 0 Å². The second-order valence-electron chi connectivity index (χ2n) is 22.6. The number of rotatable bonds is 16. The van der Waals surface area contributed by atoms with Crippen LogP contribution >= 0.6 is 0 Å². The van der Waals surface area contributed by atoms with E-state index in [1.807, 2.05) is 0 Å². The third kappa shape index (κ3) is 11.2. The summed E-state index contributed by atoms with van der Waals surface area (Å²) in [5, 5.41) is 4.85. The fourth-order valence-corrected chi connectivity index (χ4v) is 12.6. The van der Waals surface area contributed by atoms with Crippen molar-refractivity contribution in [3.05, 3.63) is 376 Å². The van der Waals surface area contributed by atoms with Crippen LogP contribution in [-0.2, 0) is 0 Å². The van der Waals surface area contributed by atoms with Gasteiger partial charge in [-0.15, -0.1) is 0 Å². The van der Waals surface area contributed by atoms with Gasteiger partial charge in [-0.05, 0) is 206 Å². The maximum absolute atomic E-state index is 2.37. The highest BCUT2D eigenvalue weighted by atomic mass is 15.2. The smallest absolute Gasteiger partial charge is 0.0540 e. The average Bonchev–Trinajstić information content (AvgIpc) is 2.34. The van der Waals surface area contributed by atoms with E-state index < -0.39 is 0 Å². The lowest BCUT2D eigenvalue weighted by molar-refractivity contribution is 1.28. The first kappa shape index (κ1) is 54.7. The van der Waals surface area contributed by atoms with Crippen LogP contribution in [0.15, 0.2) is 376 Å². The average molecular weight is 1150 g/mol. The third-order valence-corrected chi connectivity index (χ3v) is 16.9. The lowest BCUT2D eigenvalue weighted by atomic mass is 9.98. The number of nitrogens with zero attached hydrogens (tertiary/aromatic N) is 4. The molecule has 426 valence electrons. The van der Waals surface area contributed by atoms with Crippen LogP contribution in [-0.4, -0.2) is 0 Å². The fourth-order valence-electron chi connectivity index (χ4n) is 12.6. The summed E-state index contributed by atoms with van der Waals surface area (Å²) in [4.78, 5) is 9.39. The van der Waals surface area contributed by atoms with E-state index in [9.17, 15) is 0 Å². The van der Waals surface area contributed by atoms with Gasteiger partial charge in [-0.2, -0.15) is 0 Å². The van der Waals surface area contributed by atoms with Crippen LogP contribution in [0.5, 0.6) is 0 Å². The van der Waals surface area contributed by atoms with Crippen molar-refractivity contribution in [2.24, 2.45) is 0 Å². The predicted molar refractivity (Wildman–Crippen MR) is 382 cm³/mol. The minimum absolute atomic E-state index is 1.07. The molecule has 0 aliphatic heterocycles. The van der Waals surface area contributed by atoms with E-state index in [1.165, 1.54) is 21.5 Å². The molecule has 0 unspecified atom stereocenters. The zero-order chi connectivity index (χ0) is 60.0. The van der Waals surface area contributed by atoms with E-state index in [4.69, 9.17) is 0 Å². The summed E-state index contributed by atoms with van der Waals surface area (Å²) >= 11 is 0. The Hall–Kier alpha value is -12.0. The van der Waals surface area contributed by atoms with Gasteiger partial charge in [-0.25, -0.2) is 0 Å². The summed E-state index contributed by atoms with van der Waals surface area (Å²) in [6.07, 6.45) is 0. The summed E-state index contributed by atoms with van der Waals surface area (Å²) in [5.41, 5.74) is 22.3. The standard InChI is InChI=1S/C86H62N4/c1-5-31-74(32-6-1)87(79-53-46-65(47-54-79)71-28-18-40-82(59-71)89(76-35-9-3-10-36-76)84-57-50-63-22-13-14-24-70(63)61-84)78-51-44-64(45-52-78)68-26-17-27-69(58-68)73-30-20-39-81(62-73)88(75-33-7-2-8-34-75)80-55-48-66(49-56-80)72-29-19-41-83(60-72)90(77-37-11-4-12-38-77)86-43-21-25-67-23-15-16-42-85(67)86/h1-62H. The van der Waals surface area contributed by atoms with Gasteiger partial charge in [0.1, 0.15) is 0 Å². The first-order valence-corrected chi connectivity index (χ1v) is 30.7. The summed E-state index contributed by atoms with van der Waals surface area (Å²) in [7, 11) is 0. The molecule has 0 saturated carbocycles. The maximum atomic E-state index is 2.37. The molecule has 90 heavy (non-hydrogen) atoms. The van der Waals surface area contributed by atoms with Crippen LogP contribution < -0.4 is 19.6 Å². The monoisotopic (exact) mass is 1150 g/mol. The van der Waals surface area contributed by atoms with Gasteiger partial charge in [-0.3, -0.25) is 0 Å². The van der Waals surface area contributed by atoms with Crippen molar-refractivity contribution in [2.75, 3.05) is 19.6 Å². The molecule has 15 rings (SSSR count). The highest BCUT2D eigenvalue weighted by Gasteiger charge is 2.20. The molecular weight excluding hydrogens is 1090 g/mol. The van der Waals surface area contributed by atoms with Gasteiger partial charge in [0.05, 0.1) is 5.69 Å². The molecule has 4 heteroatoms. The lowest BCUT2D eigenvalue weighted by Crippen LogP contribution is -2.10. The van der Waals surface area contributed by atoms with Crippen LogP contribution in [0.4, 0.5) is 68.2 Å². The van der Waals surface area contributed by atoms with Gasteiger partial charge in [-0.1, -0.05) is 231 Å².